The van der Waals surface area contributed by atoms with Crippen molar-refractivity contribution in [3.8, 4) is 0 Å². The molecule has 0 aliphatic carbocycles. The highest BCUT2D eigenvalue weighted by molar-refractivity contribution is 5.59. The Labute approximate surface area is 248 Å². The minimum absolute atomic E-state index is 0.387. The molecule has 4 aromatic rings. The third kappa shape index (κ3) is 8.69. The van der Waals surface area contributed by atoms with Gasteiger partial charge >= 0.3 is 0 Å². The summed E-state index contributed by atoms with van der Waals surface area (Å²) < 4.78 is 0. The highest BCUT2D eigenvalue weighted by atomic mass is 16.3. The third-order valence-electron chi connectivity index (χ3n) is 7.20. The highest BCUT2D eigenvalue weighted by Crippen LogP contribution is 2.36. The minimum atomic E-state index is -0.600. The molecule has 4 unspecified atom stereocenters. The molecule has 0 heterocycles. The normalized spacial score (nSPS) is 14.5. The van der Waals surface area contributed by atoms with Gasteiger partial charge < -0.3 is 4.90 Å². The molecular weight excluding hydrogens is 522 g/mol. The van der Waals surface area contributed by atoms with Crippen LogP contribution in [0.2, 0.25) is 0 Å². The molecule has 7 nitrogen and oxygen atoms in total. The number of hydrogen-bond donors (Lipinski definition) is 0. The fourth-order valence-electron chi connectivity index (χ4n) is 4.95. The summed E-state index contributed by atoms with van der Waals surface area (Å²) in [5.41, 5.74) is 3.61. The van der Waals surface area contributed by atoms with Crippen LogP contribution in [0.1, 0.15) is 59.3 Å². The topological polar surface area (TPSA) is 86.8 Å². The van der Waals surface area contributed by atoms with Gasteiger partial charge in [0.25, 0.3) is 0 Å². The lowest BCUT2D eigenvalue weighted by atomic mass is 9.94. The Morgan fingerprint density at radius 3 is 1.07 bits per heavy atom. The van der Waals surface area contributed by atoms with E-state index < -0.39 is 12.1 Å². The average Bonchev–Trinajstić information content (AvgIpc) is 3.05. The SMILES string of the molecule is CN(CCC=NC(c1ccccc1)C(N=O)c1ccccc1)CCC=NC(c1ccccc1)C(N=O)c1ccccc1. The van der Waals surface area contributed by atoms with Gasteiger partial charge in [0.2, 0.25) is 0 Å². The van der Waals surface area contributed by atoms with Crippen LogP contribution in [0, 0.1) is 9.81 Å². The zero-order chi connectivity index (χ0) is 29.4. The molecule has 0 N–H and O–H groups in total. The lowest BCUT2D eigenvalue weighted by Gasteiger charge is -2.20. The monoisotopic (exact) mass is 559 g/mol. The molecule has 4 aromatic carbocycles. The van der Waals surface area contributed by atoms with Crippen LogP contribution in [0.5, 0.6) is 0 Å². The van der Waals surface area contributed by atoms with Gasteiger partial charge in [-0.25, -0.2) is 0 Å². The zero-order valence-corrected chi connectivity index (χ0v) is 23.9. The van der Waals surface area contributed by atoms with E-state index >= 15 is 0 Å². The molecule has 0 aliphatic heterocycles. The van der Waals surface area contributed by atoms with E-state index in [-0.39, 0.29) is 12.1 Å². The fourth-order valence-corrected chi connectivity index (χ4v) is 4.95. The molecular formula is C35H37N5O2. The van der Waals surface area contributed by atoms with Gasteiger partial charge in [-0.2, -0.15) is 9.81 Å². The number of nitroso groups, excluding NO2 is 2. The van der Waals surface area contributed by atoms with Gasteiger partial charge in [-0.1, -0.05) is 132 Å². The van der Waals surface area contributed by atoms with Crippen LogP contribution in [-0.2, 0) is 0 Å². The van der Waals surface area contributed by atoms with E-state index in [4.69, 9.17) is 9.98 Å². The number of nitrogens with zero attached hydrogens (tertiary/aromatic N) is 5. The molecule has 4 atom stereocenters. The van der Waals surface area contributed by atoms with Crippen molar-refractivity contribution in [2.24, 2.45) is 20.3 Å². The Morgan fingerprint density at radius 1 is 0.500 bits per heavy atom. The first-order valence-corrected chi connectivity index (χ1v) is 14.3. The second-order valence-electron chi connectivity index (χ2n) is 10.2. The maximum Gasteiger partial charge on any atom is 0.143 e. The first-order chi connectivity index (χ1) is 20.7. The number of aliphatic imine (C=N–C) groups is 2. The lowest BCUT2D eigenvalue weighted by Crippen LogP contribution is -2.21. The van der Waals surface area contributed by atoms with Crippen LogP contribution < -0.4 is 0 Å². The summed E-state index contributed by atoms with van der Waals surface area (Å²) in [5.74, 6) is 0. The second kappa shape index (κ2) is 16.6. The summed E-state index contributed by atoms with van der Waals surface area (Å²) >= 11 is 0. The molecule has 0 spiro atoms. The van der Waals surface area contributed by atoms with E-state index in [9.17, 15) is 9.81 Å². The van der Waals surface area contributed by atoms with Crippen LogP contribution in [0.25, 0.3) is 0 Å². The van der Waals surface area contributed by atoms with Crippen molar-refractivity contribution in [2.75, 3.05) is 20.1 Å². The van der Waals surface area contributed by atoms with Crippen LogP contribution in [0.4, 0.5) is 0 Å². The molecule has 0 saturated carbocycles. The Morgan fingerprint density at radius 2 is 0.786 bits per heavy atom. The molecule has 0 fully saturated rings. The van der Waals surface area contributed by atoms with E-state index in [1.165, 1.54) is 0 Å². The Kier molecular flexibility index (Phi) is 12.0. The number of rotatable bonds is 16. The minimum Gasteiger partial charge on any atom is -0.306 e. The summed E-state index contributed by atoms with van der Waals surface area (Å²) in [4.78, 5) is 35.7. The molecule has 42 heavy (non-hydrogen) atoms. The van der Waals surface area contributed by atoms with E-state index in [2.05, 4.69) is 22.3 Å². The molecule has 7 heteroatoms. The van der Waals surface area contributed by atoms with Gasteiger partial charge in [0, 0.05) is 25.5 Å². The lowest BCUT2D eigenvalue weighted by molar-refractivity contribution is 0.356. The van der Waals surface area contributed by atoms with Crippen molar-refractivity contribution in [1.82, 2.24) is 4.90 Å². The maximum absolute atomic E-state index is 11.9. The standard InChI is InChI=1S/C35H37N5O2/c1-40(26-14-24-36-32(28-16-6-2-7-17-28)34(38-41)30-20-10-4-11-21-30)27-15-25-37-33(29-18-8-3-9-19-29)35(39-42)31-22-12-5-13-23-31/h2-13,16-25,32-35H,14-15,26-27H2,1H3. The van der Waals surface area contributed by atoms with Crippen LogP contribution >= 0.6 is 0 Å². The quantitative estimate of drug-likeness (QED) is 0.102. The summed E-state index contributed by atoms with van der Waals surface area (Å²) in [6.07, 6.45) is 5.26. The molecule has 0 aromatic heterocycles. The third-order valence-corrected chi connectivity index (χ3v) is 7.20. The number of benzene rings is 4. The van der Waals surface area contributed by atoms with Crippen molar-refractivity contribution in [3.63, 3.8) is 0 Å². The van der Waals surface area contributed by atoms with E-state index in [1.54, 1.807) is 0 Å². The van der Waals surface area contributed by atoms with Gasteiger partial charge in [0.05, 0.1) is 0 Å². The first-order valence-electron chi connectivity index (χ1n) is 14.3. The van der Waals surface area contributed by atoms with Gasteiger partial charge in [-0.3, -0.25) is 9.98 Å². The van der Waals surface area contributed by atoms with Gasteiger partial charge in [-0.15, -0.1) is 0 Å². The summed E-state index contributed by atoms with van der Waals surface area (Å²) in [7, 11) is 2.06. The molecule has 4 rings (SSSR count). The molecule has 0 aliphatic rings. The van der Waals surface area contributed by atoms with Gasteiger partial charge in [0.1, 0.15) is 24.2 Å². The van der Waals surface area contributed by atoms with E-state index in [0.717, 1.165) is 48.2 Å². The van der Waals surface area contributed by atoms with Gasteiger partial charge in [-0.05, 0) is 42.1 Å². The first kappa shape index (κ1) is 30.3. The Hall–Kier alpha value is -4.62. The van der Waals surface area contributed by atoms with Crippen molar-refractivity contribution >= 4 is 12.4 Å². The summed E-state index contributed by atoms with van der Waals surface area (Å²) in [6.45, 7) is 1.60. The highest BCUT2D eigenvalue weighted by Gasteiger charge is 2.26. The molecule has 214 valence electrons. The Bertz CT molecular complexity index is 1290. The second-order valence-corrected chi connectivity index (χ2v) is 10.2. The molecule has 0 radical (unpaired) electrons. The summed E-state index contributed by atoms with van der Waals surface area (Å²) in [6, 6.07) is 36.9. The average molecular weight is 560 g/mol. The zero-order valence-electron chi connectivity index (χ0n) is 23.9. The molecule has 0 amide bonds. The van der Waals surface area contributed by atoms with E-state index in [0.29, 0.717) is 0 Å². The van der Waals surface area contributed by atoms with Crippen LogP contribution in [0.3, 0.4) is 0 Å². The maximum atomic E-state index is 11.9. The predicted octanol–water partition coefficient (Wildman–Crippen LogP) is 8.34. The Balaban J connectivity index is 1.35. The van der Waals surface area contributed by atoms with Crippen molar-refractivity contribution in [1.29, 1.82) is 0 Å². The van der Waals surface area contributed by atoms with Crippen LogP contribution in [0.15, 0.2) is 142 Å². The van der Waals surface area contributed by atoms with Gasteiger partial charge in [0.15, 0.2) is 0 Å². The molecule has 0 saturated heterocycles. The van der Waals surface area contributed by atoms with Crippen molar-refractivity contribution in [3.05, 3.63) is 153 Å². The van der Waals surface area contributed by atoms with Crippen molar-refractivity contribution < 1.29 is 0 Å². The largest absolute Gasteiger partial charge is 0.306 e. The van der Waals surface area contributed by atoms with Crippen molar-refractivity contribution in [2.45, 2.75) is 37.0 Å². The smallest absolute Gasteiger partial charge is 0.143 e. The van der Waals surface area contributed by atoms with Crippen LogP contribution in [-0.4, -0.2) is 37.5 Å². The van der Waals surface area contributed by atoms with E-state index in [1.807, 2.05) is 134 Å². The summed E-state index contributed by atoms with van der Waals surface area (Å²) in [5, 5.41) is 6.92. The predicted molar refractivity (Wildman–Crippen MR) is 172 cm³/mol. The number of hydrogen-bond acceptors (Lipinski definition) is 7. The molecule has 0 bridgehead atoms. The fraction of sp³-hybridized carbons (Fsp3) is 0.257.